The fourth-order valence-corrected chi connectivity index (χ4v) is 1.86. The van der Waals surface area contributed by atoms with E-state index in [0.29, 0.717) is 25.7 Å². The first-order valence-electron chi connectivity index (χ1n) is 5.94. The molecule has 0 radical (unpaired) electrons. The van der Waals surface area contributed by atoms with E-state index in [1.807, 2.05) is 20.8 Å². The molecule has 1 aliphatic carbocycles. The number of alkyl carbamates (subject to hydrolysis) is 1. The van der Waals surface area contributed by atoms with E-state index in [-0.39, 0.29) is 6.04 Å². The molecule has 4 nitrogen and oxygen atoms in total. The second kappa shape index (κ2) is 4.97. The van der Waals surface area contributed by atoms with Gasteiger partial charge in [0, 0.05) is 6.04 Å². The number of ether oxygens (including phenoxy) is 1. The highest BCUT2D eigenvalue weighted by atomic mass is 16.6. The van der Waals surface area contributed by atoms with Crippen LogP contribution in [0.1, 0.15) is 46.5 Å². The van der Waals surface area contributed by atoms with Gasteiger partial charge in [-0.05, 0) is 46.5 Å². The molecule has 0 atom stereocenters. The normalized spacial score (nSPS) is 29.2. The third kappa shape index (κ3) is 4.66. The molecule has 0 aromatic heterocycles. The largest absolute Gasteiger partial charge is 0.444 e. The highest BCUT2D eigenvalue weighted by Crippen LogP contribution is 2.27. The molecule has 1 aliphatic rings. The summed E-state index contributed by atoms with van der Waals surface area (Å²) in [6.07, 6.45) is 7.24. The van der Waals surface area contributed by atoms with E-state index in [0.717, 1.165) is 0 Å². The number of hydrogen-bond donors (Lipinski definition) is 2. The first-order valence-corrected chi connectivity index (χ1v) is 5.94. The van der Waals surface area contributed by atoms with Gasteiger partial charge in [-0.2, -0.15) is 0 Å². The van der Waals surface area contributed by atoms with Crippen LogP contribution in [-0.4, -0.2) is 28.4 Å². The Morgan fingerprint density at radius 1 is 1.47 bits per heavy atom. The van der Waals surface area contributed by atoms with Gasteiger partial charge in [-0.3, -0.25) is 0 Å². The first kappa shape index (κ1) is 13.9. The zero-order chi connectivity index (χ0) is 13.1. The molecular formula is C13H21NO3. The fraction of sp³-hybridized carbons (Fsp3) is 0.769. The molecule has 17 heavy (non-hydrogen) atoms. The Bertz CT molecular complexity index is 317. The van der Waals surface area contributed by atoms with Crippen LogP contribution in [0.4, 0.5) is 4.79 Å². The van der Waals surface area contributed by atoms with Crippen molar-refractivity contribution in [2.45, 2.75) is 63.7 Å². The minimum absolute atomic E-state index is 0.0403. The molecule has 1 amide bonds. The molecule has 1 saturated carbocycles. The predicted octanol–water partition coefficient (Wildman–Crippen LogP) is 1.82. The molecule has 0 unspecified atom stereocenters. The van der Waals surface area contributed by atoms with Crippen LogP contribution >= 0.6 is 0 Å². The van der Waals surface area contributed by atoms with Crippen molar-refractivity contribution in [2.75, 3.05) is 0 Å². The number of nitrogens with one attached hydrogen (secondary N) is 1. The second-order valence-electron chi connectivity index (χ2n) is 5.60. The van der Waals surface area contributed by atoms with Crippen LogP contribution in [-0.2, 0) is 4.74 Å². The van der Waals surface area contributed by atoms with Gasteiger partial charge in [0.2, 0.25) is 0 Å². The van der Waals surface area contributed by atoms with Crippen LogP contribution in [0.5, 0.6) is 0 Å². The fourth-order valence-electron chi connectivity index (χ4n) is 1.86. The van der Waals surface area contributed by atoms with Crippen LogP contribution in [0, 0.1) is 12.3 Å². The van der Waals surface area contributed by atoms with E-state index in [9.17, 15) is 9.90 Å². The summed E-state index contributed by atoms with van der Waals surface area (Å²) in [4.78, 5) is 11.5. The van der Waals surface area contributed by atoms with Crippen LogP contribution in [0.15, 0.2) is 0 Å². The van der Waals surface area contributed by atoms with Gasteiger partial charge in [0.05, 0.1) is 0 Å². The van der Waals surface area contributed by atoms with E-state index in [1.54, 1.807) is 0 Å². The summed E-state index contributed by atoms with van der Waals surface area (Å²) < 4.78 is 5.17. The zero-order valence-electron chi connectivity index (χ0n) is 10.7. The lowest BCUT2D eigenvalue weighted by Gasteiger charge is -2.32. The monoisotopic (exact) mass is 239 g/mol. The number of carbonyl (C=O) groups is 1. The van der Waals surface area contributed by atoms with E-state index in [1.165, 1.54) is 0 Å². The molecular weight excluding hydrogens is 218 g/mol. The molecule has 0 spiro atoms. The van der Waals surface area contributed by atoms with Crippen molar-refractivity contribution in [3.8, 4) is 12.3 Å². The molecule has 2 N–H and O–H groups in total. The maximum Gasteiger partial charge on any atom is 0.407 e. The standard InChI is InChI=1S/C13H21NO3/c1-5-13(16)8-6-10(7-9-13)14-11(15)17-12(2,3)4/h1,10,16H,6-9H2,2-4H3,(H,14,15)/t10-,13-. The van der Waals surface area contributed by atoms with Gasteiger partial charge in [0.15, 0.2) is 0 Å². The van der Waals surface area contributed by atoms with E-state index < -0.39 is 17.3 Å². The van der Waals surface area contributed by atoms with Gasteiger partial charge < -0.3 is 15.2 Å². The van der Waals surface area contributed by atoms with Crippen molar-refractivity contribution >= 4 is 6.09 Å². The van der Waals surface area contributed by atoms with Crippen molar-refractivity contribution in [3.05, 3.63) is 0 Å². The third-order valence-corrected chi connectivity index (χ3v) is 2.80. The van der Waals surface area contributed by atoms with Crippen LogP contribution < -0.4 is 5.32 Å². The Kier molecular flexibility index (Phi) is 4.05. The van der Waals surface area contributed by atoms with Crippen molar-refractivity contribution in [1.29, 1.82) is 0 Å². The molecule has 96 valence electrons. The van der Waals surface area contributed by atoms with Gasteiger partial charge in [0.1, 0.15) is 11.2 Å². The average molecular weight is 239 g/mol. The highest BCUT2D eigenvalue weighted by Gasteiger charge is 2.32. The van der Waals surface area contributed by atoms with Crippen molar-refractivity contribution in [2.24, 2.45) is 0 Å². The van der Waals surface area contributed by atoms with E-state index >= 15 is 0 Å². The Hall–Kier alpha value is -1.21. The van der Waals surface area contributed by atoms with Gasteiger partial charge in [-0.1, -0.05) is 5.92 Å². The molecule has 0 heterocycles. The SMILES string of the molecule is C#C[C@]1(O)CC[C@H](NC(=O)OC(C)(C)C)CC1. The topological polar surface area (TPSA) is 58.6 Å². The summed E-state index contributed by atoms with van der Waals surface area (Å²) in [5.41, 5.74) is -1.48. The zero-order valence-corrected chi connectivity index (χ0v) is 10.7. The Morgan fingerprint density at radius 2 is 2.00 bits per heavy atom. The maximum absolute atomic E-state index is 11.5. The van der Waals surface area contributed by atoms with Gasteiger partial charge in [-0.15, -0.1) is 6.42 Å². The summed E-state index contributed by atoms with van der Waals surface area (Å²) >= 11 is 0. The van der Waals surface area contributed by atoms with E-state index in [2.05, 4.69) is 11.2 Å². The first-order chi connectivity index (χ1) is 7.74. The van der Waals surface area contributed by atoms with Crippen molar-refractivity contribution in [1.82, 2.24) is 5.32 Å². The smallest absolute Gasteiger partial charge is 0.407 e. The molecule has 4 heteroatoms. The minimum atomic E-state index is -0.994. The summed E-state index contributed by atoms with van der Waals surface area (Å²) in [6.45, 7) is 5.47. The van der Waals surface area contributed by atoms with Crippen LogP contribution in [0.2, 0.25) is 0 Å². The Morgan fingerprint density at radius 3 is 2.41 bits per heavy atom. The van der Waals surface area contributed by atoms with Gasteiger partial charge in [0.25, 0.3) is 0 Å². The van der Waals surface area contributed by atoms with E-state index in [4.69, 9.17) is 11.2 Å². The van der Waals surface area contributed by atoms with Crippen LogP contribution in [0.25, 0.3) is 0 Å². The summed E-state index contributed by atoms with van der Waals surface area (Å²) in [5.74, 6) is 2.40. The number of rotatable bonds is 1. The lowest BCUT2D eigenvalue weighted by Crippen LogP contribution is -2.44. The van der Waals surface area contributed by atoms with Crippen LogP contribution in [0.3, 0.4) is 0 Å². The number of amides is 1. The minimum Gasteiger partial charge on any atom is -0.444 e. The molecule has 0 bridgehead atoms. The van der Waals surface area contributed by atoms with Gasteiger partial charge >= 0.3 is 6.09 Å². The molecule has 0 aliphatic heterocycles. The predicted molar refractivity (Wildman–Crippen MR) is 65.4 cm³/mol. The molecule has 0 aromatic carbocycles. The second-order valence-corrected chi connectivity index (χ2v) is 5.60. The number of terminal acetylenes is 1. The third-order valence-electron chi connectivity index (χ3n) is 2.80. The maximum atomic E-state index is 11.5. The van der Waals surface area contributed by atoms with Crippen molar-refractivity contribution in [3.63, 3.8) is 0 Å². The van der Waals surface area contributed by atoms with Gasteiger partial charge in [-0.25, -0.2) is 4.79 Å². The average Bonchev–Trinajstić information content (AvgIpc) is 2.19. The Balaban J connectivity index is 2.37. The quantitative estimate of drug-likeness (QED) is 0.686. The summed E-state index contributed by atoms with van der Waals surface area (Å²) in [7, 11) is 0. The number of carbonyl (C=O) groups excluding carboxylic acids is 1. The van der Waals surface area contributed by atoms with Crippen molar-refractivity contribution < 1.29 is 14.6 Å². The number of hydrogen-bond acceptors (Lipinski definition) is 3. The summed E-state index contributed by atoms with van der Waals surface area (Å²) in [5, 5.41) is 12.6. The number of aliphatic hydroxyl groups is 1. The molecule has 1 rings (SSSR count). The summed E-state index contributed by atoms with van der Waals surface area (Å²) in [6, 6.07) is 0.0403. The molecule has 0 aromatic rings. The lowest BCUT2D eigenvalue weighted by molar-refractivity contribution is 0.0343. The Labute approximate surface area is 103 Å². The molecule has 0 saturated heterocycles. The highest BCUT2D eigenvalue weighted by molar-refractivity contribution is 5.68. The lowest BCUT2D eigenvalue weighted by atomic mass is 9.83. The molecule has 1 fully saturated rings.